The fourth-order valence-corrected chi connectivity index (χ4v) is 6.15. The molecule has 5 rings (SSSR count). The third-order valence-corrected chi connectivity index (χ3v) is 8.08. The molecule has 1 saturated carbocycles. The highest BCUT2D eigenvalue weighted by Crippen LogP contribution is 2.39. The molecule has 0 amide bonds. The Hall–Kier alpha value is -3.68. The van der Waals surface area contributed by atoms with Crippen molar-refractivity contribution in [3.63, 3.8) is 0 Å². The van der Waals surface area contributed by atoms with Gasteiger partial charge in [-0.2, -0.15) is 5.26 Å². The second-order valence-electron chi connectivity index (χ2n) is 8.40. The number of aromatic nitrogens is 3. The Morgan fingerprint density at radius 2 is 1.94 bits per heavy atom. The lowest BCUT2D eigenvalue weighted by Gasteiger charge is -2.12. The van der Waals surface area contributed by atoms with Crippen LogP contribution in [-0.4, -0.2) is 23.0 Å². The van der Waals surface area contributed by atoms with Gasteiger partial charge in [0.05, 0.1) is 27.7 Å². The fraction of sp³-hybridized carbons (Fsp3) is 0.208. The highest BCUT2D eigenvalue weighted by molar-refractivity contribution is 7.92. The first-order valence-corrected chi connectivity index (χ1v) is 12.8. The Balaban J connectivity index is 1.52. The summed E-state index contributed by atoms with van der Waals surface area (Å²) in [4.78, 5) is 8.28. The number of fused-ring (bicyclic) bond motifs is 1. The molecule has 2 aromatic heterocycles. The first kappa shape index (κ1) is 23.1. The molecule has 0 atom stereocenters. The molecule has 0 spiro atoms. The summed E-state index contributed by atoms with van der Waals surface area (Å²) in [6.45, 7) is 0. The third kappa shape index (κ3) is 4.17. The molecule has 0 saturated heterocycles. The van der Waals surface area contributed by atoms with Gasteiger partial charge in [-0.05, 0) is 48.7 Å². The van der Waals surface area contributed by atoms with Gasteiger partial charge in [0.15, 0.2) is 0 Å². The minimum Gasteiger partial charge on any atom is -0.383 e. The number of anilines is 2. The predicted molar refractivity (Wildman–Crippen MR) is 132 cm³/mol. The van der Waals surface area contributed by atoms with Crippen LogP contribution in [0.5, 0.6) is 0 Å². The van der Waals surface area contributed by atoms with Crippen LogP contribution in [0.3, 0.4) is 0 Å². The van der Waals surface area contributed by atoms with Crippen molar-refractivity contribution in [2.24, 2.45) is 0 Å². The standard InChI is InChI=1S/C24H20ClFN6O2S/c25-18-9-14(11-27)5-8-21(18)35(33,34)31-20-7-6-15(10-19(20)26)17-12-32(16-3-1-2-4-16)24-22(17)23(28)29-13-30-24/h5-10,12-13,16,31H,1-4H2,(H2,28,29,30). The van der Waals surface area contributed by atoms with Gasteiger partial charge in [0, 0.05) is 17.8 Å². The molecule has 2 heterocycles. The Morgan fingerprint density at radius 1 is 1.17 bits per heavy atom. The largest absolute Gasteiger partial charge is 0.383 e. The van der Waals surface area contributed by atoms with Crippen molar-refractivity contribution in [2.45, 2.75) is 36.6 Å². The van der Waals surface area contributed by atoms with Crippen LogP contribution < -0.4 is 10.5 Å². The number of nitrogen functional groups attached to an aromatic ring is 1. The van der Waals surface area contributed by atoms with Gasteiger partial charge in [-0.25, -0.2) is 22.8 Å². The summed E-state index contributed by atoms with van der Waals surface area (Å²) in [6, 6.07) is 10.1. The topological polar surface area (TPSA) is 127 Å². The monoisotopic (exact) mass is 510 g/mol. The number of nitriles is 1. The van der Waals surface area contributed by atoms with Crippen LogP contribution >= 0.6 is 11.6 Å². The highest BCUT2D eigenvalue weighted by atomic mass is 35.5. The summed E-state index contributed by atoms with van der Waals surface area (Å²) in [5.41, 5.74) is 8.04. The van der Waals surface area contributed by atoms with Crippen molar-refractivity contribution in [1.82, 2.24) is 14.5 Å². The Morgan fingerprint density at radius 3 is 2.63 bits per heavy atom. The van der Waals surface area contributed by atoms with Crippen molar-refractivity contribution in [2.75, 3.05) is 10.5 Å². The van der Waals surface area contributed by atoms with Crippen LogP contribution in [0.1, 0.15) is 37.3 Å². The zero-order valence-corrected chi connectivity index (χ0v) is 19.9. The quantitative estimate of drug-likeness (QED) is 0.377. The average molecular weight is 511 g/mol. The number of nitrogens with one attached hydrogen (secondary N) is 1. The highest BCUT2D eigenvalue weighted by Gasteiger charge is 2.24. The molecule has 35 heavy (non-hydrogen) atoms. The molecule has 8 nitrogen and oxygen atoms in total. The lowest BCUT2D eigenvalue weighted by molar-refractivity contribution is 0.532. The molecule has 178 valence electrons. The van der Waals surface area contributed by atoms with Crippen LogP contribution in [0.15, 0.2) is 53.8 Å². The Labute approximate surface area is 206 Å². The van der Waals surface area contributed by atoms with E-state index in [1.165, 1.54) is 36.7 Å². The van der Waals surface area contributed by atoms with E-state index in [4.69, 9.17) is 22.6 Å². The van der Waals surface area contributed by atoms with Crippen molar-refractivity contribution < 1.29 is 12.8 Å². The first-order chi connectivity index (χ1) is 16.8. The molecule has 0 radical (unpaired) electrons. The number of hydrogen-bond acceptors (Lipinski definition) is 6. The van der Waals surface area contributed by atoms with E-state index >= 15 is 4.39 Å². The van der Waals surface area contributed by atoms with Crippen LogP contribution in [-0.2, 0) is 10.0 Å². The van der Waals surface area contributed by atoms with Gasteiger partial charge in [-0.1, -0.05) is 30.5 Å². The molecule has 1 fully saturated rings. The SMILES string of the molecule is N#Cc1ccc(S(=O)(=O)Nc2ccc(-c3cn(C4CCCC4)c4ncnc(N)c34)cc2F)c(Cl)c1. The number of sulfonamides is 1. The fourth-order valence-electron chi connectivity index (χ4n) is 4.54. The Kier molecular flexibility index (Phi) is 5.83. The molecule has 0 unspecified atom stereocenters. The minimum atomic E-state index is -4.19. The zero-order valence-electron chi connectivity index (χ0n) is 18.4. The third-order valence-electron chi connectivity index (χ3n) is 6.23. The van der Waals surface area contributed by atoms with Gasteiger partial charge in [0.25, 0.3) is 10.0 Å². The number of halogens is 2. The van der Waals surface area contributed by atoms with Crippen LogP contribution in [0, 0.1) is 17.1 Å². The van der Waals surface area contributed by atoms with E-state index in [9.17, 15) is 8.42 Å². The molecule has 2 aromatic carbocycles. The number of nitrogens with two attached hydrogens (primary N) is 1. The van der Waals surface area contributed by atoms with Gasteiger partial charge in [0.2, 0.25) is 0 Å². The average Bonchev–Trinajstić information content (AvgIpc) is 3.48. The number of benzene rings is 2. The van der Waals surface area contributed by atoms with Crippen molar-refractivity contribution in [3.8, 4) is 17.2 Å². The predicted octanol–water partition coefficient (Wildman–Crippen LogP) is 5.26. The normalized spacial score (nSPS) is 14.3. The van der Waals surface area contributed by atoms with Crippen molar-refractivity contribution in [1.29, 1.82) is 5.26 Å². The van der Waals surface area contributed by atoms with Gasteiger partial charge in [0.1, 0.15) is 28.5 Å². The summed E-state index contributed by atoms with van der Waals surface area (Å²) >= 11 is 6.04. The lowest BCUT2D eigenvalue weighted by Crippen LogP contribution is -2.14. The van der Waals surface area contributed by atoms with Gasteiger partial charge in [-0.15, -0.1) is 0 Å². The summed E-state index contributed by atoms with van der Waals surface area (Å²) in [7, 11) is -4.19. The number of hydrogen-bond donors (Lipinski definition) is 2. The second-order valence-corrected chi connectivity index (χ2v) is 10.5. The molecule has 4 aromatic rings. The molecule has 0 bridgehead atoms. The van der Waals surface area contributed by atoms with E-state index in [1.54, 1.807) is 6.07 Å². The molecular weight excluding hydrogens is 491 g/mol. The van der Waals surface area contributed by atoms with Crippen molar-refractivity contribution >= 4 is 44.2 Å². The van der Waals surface area contributed by atoms with Gasteiger partial charge >= 0.3 is 0 Å². The van der Waals surface area contributed by atoms with Gasteiger partial charge in [-0.3, -0.25) is 4.72 Å². The summed E-state index contributed by atoms with van der Waals surface area (Å²) < 4.78 is 45.1. The molecule has 3 N–H and O–H groups in total. The summed E-state index contributed by atoms with van der Waals surface area (Å²) in [5.74, 6) is -0.476. The second kappa shape index (κ2) is 8.83. The minimum absolute atomic E-state index is 0.135. The molecule has 1 aliphatic carbocycles. The summed E-state index contributed by atoms with van der Waals surface area (Å²) in [6.07, 6.45) is 7.65. The Bertz CT molecular complexity index is 1610. The van der Waals surface area contributed by atoms with Gasteiger partial charge < -0.3 is 10.3 Å². The first-order valence-electron chi connectivity index (χ1n) is 10.9. The molecule has 1 aliphatic rings. The number of rotatable bonds is 5. The van der Waals surface area contributed by atoms with Crippen LogP contribution in [0.2, 0.25) is 5.02 Å². The van der Waals surface area contributed by atoms with Crippen LogP contribution in [0.25, 0.3) is 22.2 Å². The number of nitrogens with zero attached hydrogens (tertiary/aromatic N) is 4. The van der Waals surface area contributed by atoms with E-state index in [2.05, 4.69) is 19.3 Å². The lowest BCUT2D eigenvalue weighted by atomic mass is 10.1. The maximum atomic E-state index is 15.1. The van der Waals surface area contributed by atoms with Crippen LogP contribution in [0.4, 0.5) is 15.9 Å². The summed E-state index contributed by atoms with van der Waals surface area (Å²) in [5, 5.41) is 9.45. The molecule has 0 aliphatic heterocycles. The van der Waals surface area contributed by atoms with E-state index in [-0.39, 0.29) is 27.2 Å². The van der Waals surface area contributed by atoms with E-state index in [1.807, 2.05) is 12.3 Å². The smallest absolute Gasteiger partial charge is 0.263 e. The molecular formula is C24H20ClFN6O2S. The van der Waals surface area contributed by atoms with Crippen molar-refractivity contribution in [3.05, 3.63) is 65.3 Å². The maximum Gasteiger partial charge on any atom is 0.263 e. The molecule has 11 heteroatoms. The zero-order chi connectivity index (χ0) is 24.7. The van der Waals surface area contributed by atoms with E-state index in [0.717, 1.165) is 25.7 Å². The maximum absolute atomic E-state index is 15.1. The van der Waals surface area contributed by atoms with E-state index < -0.39 is 15.8 Å². The van der Waals surface area contributed by atoms with E-state index in [0.29, 0.717) is 28.0 Å².